The van der Waals surface area contributed by atoms with Crippen molar-refractivity contribution in [3.8, 4) is 17.1 Å². The molecule has 0 saturated carbocycles. The summed E-state index contributed by atoms with van der Waals surface area (Å²) in [7, 11) is 3.92. The maximum absolute atomic E-state index is 14.6. The second-order valence-corrected chi connectivity index (χ2v) is 15.0. The molecule has 7 rings (SSSR count). The Kier molecular flexibility index (Phi) is 9.30. The Balaban J connectivity index is 1.30. The third-order valence-corrected chi connectivity index (χ3v) is 10.9. The van der Waals surface area contributed by atoms with E-state index >= 15 is 0 Å². The highest BCUT2D eigenvalue weighted by molar-refractivity contribution is 6.33. The second kappa shape index (κ2) is 13.6. The lowest BCUT2D eigenvalue weighted by molar-refractivity contribution is -0.116. The lowest BCUT2D eigenvalue weighted by Gasteiger charge is -2.39. The van der Waals surface area contributed by atoms with Crippen LogP contribution in [0.15, 0.2) is 47.5 Å². The number of benzene rings is 2. The molecular weight excluding hydrogens is 705 g/mol. The highest BCUT2D eigenvalue weighted by Crippen LogP contribution is 2.50. The van der Waals surface area contributed by atoms with Crippen molar-refractivity contribution in [3.05, 3.63) is 96.9 Å². The van der Waals surface area contributed by atoms with Gasteiger partial charge in [0.05, 0.1) is 16.4 Å². The van der Waals surface area contributed by atoms with Crippen LogP contribution < -0.4 is 10.9 Å². The first kappa shape index (κ1) is 35.5. The number of amides is 2. The maximum Gasteiger partial charge on any atom is 0.279 e. The maximum atomic E-state index is 14.6. The first-order valence-corrected chi connectivity index (χ1v) is 17.8. The number of hydrogen-bond donors (Lipinski definition) is 2. The summed E-state index contributed by atoms with van der Waals surface area (Å²) in [6, 6.07) is 11.0. The van der Waals surface area contributed by atoms with Crippen LogP contribution in [0.1, 0.15) is 70.7 Å². The number of aryl methyl sites for hydroxylation is 2. The third-order valence-electron chi connectivity index (χ3n) is 10.2. The summed E-state index contributed by atoms with van der Waals surface area (Å²) in [5.41, 5.74) is 3.72. The minimum atomic E-state index is -0.581. The van der Waals surface area contributed by atoms with E-state index in [4.69, 9.17) is 33.3 Å². The number of halogens is 2. The summed E-state index contributed by atoms with van der Waals surface area (Å²) >= 11 is 13.1. The van der Waals surface area contributed by atoms with E-state index in [-0.39, 0.29) is 47.1 Å². The van der Waals surface area contributed by atoms with Gasteiger partial charge in [0, 0.05) is 46.9 Å². The van der Waals surface area contributed by atoms with Gasteiger partial charge >= 0.3 is 0 Å². The molecule has 0 bridgehead atoms. The Bertz CT molecular complexity index is 2310. The van der Waals surface area contributed by atoms with Gasteiger partial charge in [-0.1, -0.05) is 48.3 Å². The van der Waals surface area contributed by atoms with Gasteiger partial charge in [0.25, 0.3) is 11.5 Å². The number of carbonyl (C=O) groups excluding carboxylic acids is 2. The van der Waals surface area contributed by atoms with Gasteiger partial charge in [-0.2, -0.15) is 9.50 Å². The SMILES string of the molecule is Cc1ccc(NC(=O)Cn2c3c(c(=O)n4nc(-c5ccc(CN(C)C)c(Cl)c5)nc24)C2(CCN(C(=O)c4ncnc(C)c4O)CC2)CC3C)c(Cl)c1. The largest absolute Gasteiger partial charge is 0.504 e. The summed E-state index contributed by atoms with van der Waals surface area (Å²) in [4.78, 5) is 58.4. The summed E-state index contributed by atoms with van der Waals surface area (Å²) in [6.45, 7) is 6.78. The fourth-order valence-corrected chi connectivity index (χ4v) is 8.24. The lowest BCUT2D eigenvalue weighted by atomic mass is 9.73. The smallest absolute Gasteiger partial charge is 0.279 e. The number of likely N-dealkylation sites (tertiary alicyclic amines) is 1. The van der Waals surface area contributed by atoms with Gasteiger partial charge in [0.2, 0.25) is 11.7 Å². The molecule has 2 N–H and O–H groups in total. The number of fused-ring (bicyclic) bond motifs is 3. The van der Waals surface area contributed by atoms with Crippen LogP contribution in [-0.4, -0.2) is 83.0 Å². The number of carbonyl (C=O) groups is 2. The van der Waals surface area contributed by atoms with Crippen molar-refractivity contribution in [2.75, 3.05) is 32.5 Å². The molecule has 1 aliphatic heterocycles. The number of aromatic nitrogens is 6. The fraction of sp³-hybridized carbons (Fsp3) is 0.378. The molecule has 3 aromatic heterocycles. The first-order valence-electron chi connectivity index (χ1n) is 17.1. The first-order chi connectivity index (χ1) is 24.8. The molecule has 15 heteroatoms. The van der Waals surface area contributed by atoms with E-state index in [1.54, 1.807) is 34.6 Å². The Hall–Kier alpha value is -4.85. The van der Waals surface area contributed by atoms with Crippen molar-refractivity contribution in [1.29, 1.82) is 0 Å². The number of rotatable bonds is 7. The average molecular weight is 745 g/mol. The van der Waals surface area contributed by atoms with E-state index in [1.165, 1.54) is 10.8 Å². The molecular formula is C37H39Cl2N9O4. The minimum absolute atomic E-state index is 0.0441. The van der Waals surface area contributed by atoms with Crippen molar-refractivity contribution in [2.45, 2.75) is 64.5 Å². The molecule has 1 fully saturated rings. The molecule has 1 spiro atoms. The molecule has 2 aliphatic rings. The molecule has 1 atom stereocenters. The zero-order valence-electron chi connectivity index (χ0n) is 29.6. The van der Waals surface area contributed by atoms with E-state index < -0.39 is 5.41 Å². The van der Waals surface area contributed by atoms with Gasteiger partial charge in [-0.3, -0.25) is 14.4 Å². The molecule has 270 valence electrons. The van der Waals surface area contributed by atoms with E-state index in [0.29, 0.717) is 77.3 Å². The lowest BCUT2D eigenvalue weighted by Crippen LogP contribution is -2.46. The predicted octanol–water partition coefficient (Wildman–Crippen LogP) is 5.36. The normalized spacial score (nSPS) is 16.5. The number of hydrogen-bond acceptors (Lipinski definition) is 9. The molecule has 5 aromatic rings. The van der Waals surface area contributed by atoms with Crippen LogP contribution in [0.4, 0.5) is 5.69 Å². The van der Waals surface area contributed by atoms with Gasteiger partial charge in [0.15, 0.2) is 17.3 Å². The zero-order valence-corrected chi connectivity index (χ0v) is 31.1. The van der Waals surface area contributed by atoms with Gasteiger partial charge in [-0.05, 0) is 82.4 Å². The third kappa shape index (κ3) is 6.30. The molecule has 0 radical (unpaired) electrons. The summed E-state index contributed by atoms with van der Waals surface area (Å²) < 4.78 is 3.09. The molecule has 1 unspecified atom stereocenters. The molecule has 1 aliphatic carbocycles. The predicted molar refractivity (Wildman–Crippen MR) is 198 cm³/mol. The van der Waals surface area contributed by atoms with Crippen LogP contribution in [0, 0.1) is 13.8 Å². The van der Waals surface area contributed by atoms with Crippen molar-refractivity contribution in [1.82, 2.24) is 38.9 Å². The van der Waals surface area contributed by atoms with Gasteiger partial charge in [-0.15, -0.1) is 5.10 Å². The van der Waals surface area contributed by atoms with E-state index in [9.17, 15) is 19.5 Å². The summed E-state index contributed by atoms with van der Waals surface area (Å²) in [5.74, 6) is -0.537. The Morgan fingerprint density at radius 1 is 1.06 bits per heavy atom. The van der Waals surface area contributed by atoms with Gasteiger partial charge < -0.3 is 24.8 Å². The Morgan fingerprint density at radius 2 is 1.81 bits per heavy atom. The summed E-state index contributed by atoms with van der Waals surface area (Å²) in [5, 5.41) is 19.1. The zero-order chi connectivity index (χ0) is 37.1. The molecule has 2 amide bonds. The Labute approximate surface area is 310 Å². The Morgan fingerprint density at radius 3 is 2.50 bits per heavy atom. The van der Waals surface area contributed by atoms with Crippen molar-refractivity contribution < 1.29 is 14.7 Å². The minimum Gasteiger partial charge on any atom is -0.504 e. The monoisotopic (exact) mass is 743 g/mol. The topological polar surface area (TPSA) is 151 Å². The number of aromatic hydroxyl groups is 1. The van der Waals surface area contributed by atoms with E-state index in [1.807, 2.05) is 44.1 Å². The van der Waals surface area contributed by atoms with Gasteiger partial charge in [-0.25, -0.2) is 9.97 Å². The standard InChI is InChI=1S/C37H39Cl2N9O4/c1-20-6-9-27(26(39)14-20)42-28(49)18-47-31-21(2)16-37(10-12-46(13-11-37)35(52)30-32(50)22(3)40-19-41-30)29(31)34(51)48-36(47)43-33(44-48)23-7-8-24(17-45(4)5)25(38)15-23/h6-9,14-15,19,21,50H,10-13,16-18H2,1-5H3,(H,42,49). The number of anilines is 1. The number of piperidine rings is 1. The molecule has 4 heterocycles. The number of nitrogens with one attached hydrogen (secondary N) is 1. The van der Waals surface area contributed by atoms with Crippen LogP contribution in [0.25, 0.3) is 17.2 Å². The highest BCUT2D eigenvalue weighted by atomic mass is 35.5. The second-order valence-electron chi connectivity index (χ2n) is 14.2. The van der Waals surface area contributed by atoms with Crippen molar-refractivity contribution >= 4 is 46.5 Å². The van der Waals surface area contributed by atoms with E-state index in [0.717, 1.165) is 16.8 Å². The summed E-state index contributed by atoms with van der Waals surface area (Å²) in [6.07, 6.45) is 2.90. The van der Waals surface area contributed by atoms with Crippen molar-refractivity contribution in [2.24, 2.45) is 0 Å². The average Bonchev–Trinajstić information content (AvgIpc) is 3.66. The van der Waals surface area contributed by atoms with Crippen LogP contribution in [-0.2, 0) is 23.3 Å². The van der Waals surface area contributed by atoms with Crippen LogP contribution in [0.2, 0.25) is 10.0 Å². The van der Waals surface area contributed by atoms with Gasteiger partial charge in [0.1, 0.15) is 12.9 Å². The van der Waals surface area contributed by atoms with E-state index in [2.05, 4.69) is 22.2 Å². The highest BCUT2D eigenvalue weighted by Gasteiger charge is 2.49. The quantitative estimate of drug-likeness (QED) is 0.225. The van der Waals surface area contributed by atoms with Crippen molar-refractivity contribution in [3.63, 3.8) is 0 Å². The molecule has 13 nitrogen and oxygen atoms in total. The molecule has 52 heavy (non-hydrogen) atoms. The van der Waals surface area contributed by atoms with Crippen LogP contribution >= 0.6 is 23.2 Å². The fourth-order valence-electron chi connectivity index (χ4n) is 7.72. The van der Waals surface area contributed by atoms with Crippen LogP contribution in [0.3, 0.4) is 0 Å². The van der Waals surface area contributed by atoms with Crippen LogP contribution in [0.5, 0.6) is 5.75 Å². The molecule has 1 saturated heterocycles. The number of nitrogens with zero attached hydrogens (tertiary/aromatic N) is 8. The molecule has 2 aromatic carbocycles.